The first-order valence-corrected chi connectivity index (χ1v) is 31.1. The summed E-state index contributed by atoms with van der Waals surface area (Å²) in [5.41, 5.74) is 2.19. The Morgan fingerprint density at radius 1 is 0.794 bits per heavy atom. The molecule has 14 atom stereocenters. The number of benzene rings is 1. The maximum atomic E-state index is 12.8. The van der Waals surface area contributed by atoms with E-state index in [4.69, 9.17) is 42.0 Å². The van der Waals surface area contributed by atoms with Crippen molar-refractivity contribution in [1.82, 2.24) is 0 Å². The average molecular weight is 988 g/mol. The zero-order chi connectivity index (χ0) is 51.4. The lowest BCUT2D eigenvalue weighted by Gasteiger charge is -2.47. The summed E-state index contributed by atoms with van der Waals surface area (Å²) in [6.45, 7) is 40.6. The number of ether oxygens (including phenoxy) is 7. The van der Waals surface area contributed by atoms with Gasteiger partial charge in [-0.2, -0.15) is 0 Å². The van der Waals surface area contributed by atoms with Gasteiger partial charge in [0.25, 0.3) is 0 Å². The van der Waals surface area contributed by atoms with E-state index in [9.17, 15) is 4.79 Å². The van der Waals surface area contributed by atoms with Gasteiger partial charge in [-0.3, -0.25) is 4.79 Å². The van der Waals surface area contributed by atoms with Gasteiger partial charge >= 0.3 is 5.97 Å². The Morgan fingerprint density at radius 3 is 1.93 bits per heavy atom. The van der Waals surface area contributed by atoms with Gasteiger partial charge in [-0.05, 0) is 68.4 Å². The molecule has 0 spiro atoms. The second-order valence-electron chi connectivity index (χ2n) is 21.4. The van der Waals surface area contributed by atoms with E-state index in [1.54, 1.807) is 14.2 Å². The summed E-state index contributed by atoms with van der Waals surface area (Å²) in [5.74, 6) is -0.311. The highest BCUT2D eigenvalue weighted by Crippen LogP contribution is 2.43. The summed E-state index contributed by atoms with van der Waals surface area (Å²) in [6.07, 6.45) is 12.4. The number of hydrogen-bond acceptors (Lipinski definition) is 10. The summed E-state index contributed by atoms with van der Waals surface area (Å²) >= 11 is 0. The van der Waals surface area contributed by atoms with Crippen LogP contribution in [0.1, 0.15) is 122 Å². The molecular weight excluding hydrogens is 889 g/mol. The first kappa shape index (κ1) is 61.9. The molecule has 0 unspecified atom stereocenters. The smallest absolute Gasteiger partial charge is 0.311 e. The Labute approximate surface area is 417 Å². The molecule has 0 aromatic heterocycles. The van der Waals surface area contributed by atoms with Crippen LogP contribution in [0, 0.1) is 41.4 Å². The van der Waals surface area contributed by atoms with Gasteiger partial charge < -0.3 is 42.0 Å². The van der Waals surface area contributed by atoms with Crippen LogP contribution >= 0.6 is 0 Å². The van der Waals surface area contributed by atoms with Crippen molar-refractivity contribution in [2.24, 2.45) is 41.4 Å². The highest BCUT2D eigenvalue weighted by atomic mass is 28.4. The number of hydrogen-bond donors (Lipinski definition) is 0. The third-order valence-electron chi connectivity index (χ3n) is 15.1. The van der Waals surface area contributed by atoms with E-state index in [0.29, 0.717) is 6.42 Å². The van der Waals surface area contributed by atoms with E-state index in [1.165, 1.54) is 12.7 Å². The molecule has 1 aromatic rings. The molecule has 10 nitrogen and oxygen atoms in total. The molecule has 0 amide bonds. The van der Waals surface area contributed by atoms with Crippen molar-refractivity contribution >= 4 is 22.6 Å². The number of carbonyl (C=O) groups excluding carboxylic acids is 1. The third-order valence-corrected chi connectivity index (χ3v) is 24.3. The van der Waals surface area contributed by atoms with Crippen LogP contribution < -0.4 is 0 Å². The van der Waals surface area contributed by atoms with E-state index in [0.717, 1.165) is 30.1 Å². The topological polar surface area (TPSA) is 100 Å². The van der Waals surface area contributed by atoms with Crippen LogP contribution in [0.4, 0.5) is 0 Å². The SMILES string of the molecule is C=C/C=C\[C@H](C)[C@H](O[Si](CC)(CC)CC)[C@@H](C)[C@H](O[Si](C)(C)C(C)(C)C)[C@@H](C)C/C(C)=C\[C@H](C)[C@@H](OCOC)[C@@H](C)/C=C\[C@H](C[C@@H]1O[C@H](c2ccccc2)O[C@H]([C@@H](C)C(=O)OC)[C@H]1C)OCOC. The van der Waals surface area contributed by atoms with E-state index < -0.39 is 34.9 Å². The van der Waals surface area contributed by atoms with Crippen molar-refractivity contribution in [3.05, 3.63) is 84.5 Å². The highest BCUT2D eigenvalue weighted by molar-refractivity contribution is 6.74. The maximum Gasteiger partial charge on any atom is 0.311 e. The molecule has 390 valence electrons. The lowest BCUT2D eigenvalue weighted by atomic mass is 9.81. The first-order valence-electron chi connectivity index (χ1n) is 25.7. The molecule has 2 rings (SSSR count). The van der Waals surface area contributed by atoms with Gasteiger partial charge in [-0.1, -0.05) is 162 Å². The fourth-order valence-corrected chi connectivity index (χ4v) is 14.2. The molecule has 0 N–H and O–H groups in total. The fraction of sp³-hybridized carbons (Fsp3) is 0.732. The molecule has 0 aliphatic carbocycles. The molecule has 1 fully saturated rings. The van der Waals surface area contributed by atoms with Crippen molar-refractivity contribution in [3.63, 3.8) is 0 Å². The van der Waals surface area contributed by atoms with Gasteiger partial charge in [-0.25, -0.2) is 0 Å². The van der Waals surface area contributed by atoms with Crippen molar-refractivity contribution in [2.75, 3.05) is 34.9 Å². The normalized spacial score (nSPS) is 23.4. The van der Waals surface area contributed by atoms with Gasteiger partial charge in [0.1, 0.15) is 13.6 Å². The minimum Gasteiger partial charge on any atom is -0.469 e. The van der Waals surface area contributed by atoms with Gasteiger partial charge in [0.2, 0.25) is 0 Å². The van der Waals surface area contributed by atoms with Crippen LogP contribution in [0.15, 0.2) is 78.9 Å². The Balaban J connectivity index is 2.50. The third kappa shape index (κ3) is 18.4. The molecule has 0 radical (unpaired) electrons. The van der Waals surface area contributed by atoms with Crippen molar-refractivity contribution in [3.8, 4) is 0 Å². The van der Waals surface area contributed by atoms with Gasteiger partial charge in [-0.15, -0.1) is 0 Å². The lowest BCUT2D eigenvalue weighted by molar-refractivity contribution is -0.284. The zero-order valence-corrected chi connectivity index (χ0v) is 48.2. The lowest BCUT2D eigenvalue weighted by Crippen LogP contribution is -2.52. The molecule has 1 aliphatic heterocycles. The van der Waals surface area contributed by atoms with E-state index in [2.05, 4.69) is 140 Å². The molecule has 1 saturated heterocycles. The van der Waals surface area contributed by atoms with Gasteiger partial charge in [0.05, 0.1) is 49.7 Å². The van der Waals surface area contributed by atoms with Crippen LogP contribution in [-0.4, -0.2) is 94.1 Å². The quantitative estimate of drug-likeness (QED) is 0.0235. The predicted octanol–water partition coefficient (Wildman–Crippen LogP) is 13.9. The largest absolute Gasteiger partial charge is 0.469 e. The van der Waals surface area contributed by atoms with Crippen molar-refractivity contribution in [2.45, 2.75) is 189 Å². The molecule has 0 saturated carbocycles. The zero-order valence-electron chi connectivity index (χ0n) is 46.2. The molecule has 0 bridgehead atoms. The Kier molecular flexibility index (Phi) is 27.3. The minimum atomic E-state index is -2.18. The highest BCUT2D eigenvalue weighted by Gasteiger charge is 2.46. The molecule has 1 aliphatic rings. The second kappa shape index (κ2) is 30.0. The van der Waals surface area contributed by atoms with E-state index >= 15 is 0 Å². The van der Waals surface area contributed by atoms with Crippen LogP contribution in [0.2, 0.25) is 36.3 Å². The summed E-state index contributed by atoms with van der Waals surface area (Å²) in [7, 11) is 0.552. The van der Waals surface area contributed by atoms with Crippen LogP contribution in [0.3, 0.4) is 0 Å². The van der Waals surface area contributed by atoms with Crippen molar-refractivity contribution in [1.29, 1.82) is 0 Å². The summed E-state index contributed by atoms with van der Waals surface area (Å²) in [4.78, 5) is 12.8. The van der Waals surface area contributed by atoms with Gasteiger partial charge in [0, 0.05) is 49.9 Å². The molecule has 68 heavy (non-hydrogen) atoms. The Morgan fingerprint density at radius 2 is 1.38 bits per heavy atom. The monoisotopic (exact) mass is 987 g/mol. The number of methoxy groups -OCH3 is 3. The summed E-state index contributed by atoms with van der Waals surface area (Å²) < 4.78 is 56.9. The summed E-state index contributed by atoms with van der Waals surface area (Å²) in [6, 6.07) is 13.1. The molecule has 12 heteroatoms. The molecular formula is C56H98O10Si2. The van der Waals surface area contributed by atoms with Gasteiger partial charge in [0.15, 0.2) is 22.9 Å². The standard InChI is InChI=1S/C56H98O10Si2/c1-21-25-29-40(6)51(66-68(22-2,23-3)24-4)45(11)52(65-67(19,20)56(13,14)15)43(9)35-39(5)34-42(8)50(62-38-59-17)41(7)32-33-48(61-37-58-16)36-49-44(10)53(46(12)54(57)60-18)64-55(63-49)47-30-27-26-28-31-47/h21,25-34,40-46,48-53,55H,1,22-24,35-38H2,2-20H3/b29-25-,33-32-,39-34-/t40-,41-,42-,43-,44-,45+,46+,48+,49-,50-,51-,52+,53-,55-/m0/s1. The van der Waals surface area contributed by atoms with Crippen molar-refractivity contribution < 1.29 is 46.8 Å². The Hall–Kier alpha value is -2.24. The molecule has 1 aromatic carbocycles. The van der Waals surface area contributed by atoms with Crippen LogP contribution in [0.5, 0.6) is 0 Å². The van der Waals surface area contributed by atoms with Crippen LogP contribution in [0.25, 0.3) is 0 Å². The van der Waals surface area contributed by atoms with E-state index in [-0.39, 0.29) is 90.6 Å². The summed E-state index contributed by atoms with van der Waals surface area (Å²) in [5, 5.41) is 0.0545. The second-order valence-corrected chi connectivity index (χ2v) is 30.9. The number of rotatable bonds is 31. The molecule has 1 heterocycles. The fourth-order valence-electron chi connectivity index (χ4n) is 9.67. The number of carbonyl (C=O) groups is 1. The van der Waals surface area contributed by atoms with E-state index in [1.807, 2.05) is 43.3 Å². The number of allylic oxidation sites excluding steroid dienone is 3. The first-order chi connectivity index (χ1) is 32.0. The predicted molar refractivity (Wildman–Crippen MR) is 284 cm³/mol. The Bertz CT molecular complexity index is 1660. The average Bonchev–Trinajstić information content (AvgIpc) is 3.31. The maximum absolute atomic E-state index is 12.8. The minimum absolute atomic E-state index is 0.00724. The number of esters is 1. The van der Waals surface area contributed by atoms with Crippen LogP contribution in [-0.2, 0) is 46.8 Å².